The molecule has 0 bridgehead atoms. The largest absolute Gasteiger partial charge is 0.426 e. The summed E-state index contributed by atoms with van der Waals surface area (Å²) >= 11 is 0. The van der Waals surface area contributed by atoms with Gasteiger partial charge < -0.3 is 0 Å². The van der Waals surface area contributed by atoms with Crippen LogP contribution in [-0.2, 0) is 9.84 Å². The van der Waals surface area contributed by atoms with E-state index in [1.54, 1.807) is 0 Å². The van der Waals surface area contributed by atoms with Gasteiger partial charge in [-0.1, -0.05) is 6.92 Å². The number of alkyl halides is 9. The second kappa shape index (κ2) is 4.17. The molecular formula is C6H5F9O2S. The quantitative estimate of drug-likeness (QED) is 0.735. The average Bonchev–Trinajstić information content (AvgIpc) is 1.94. The normalized spacial score (nSPS) is 15.9. The number of hydrogen-bond acceptors (Lipinski definition) is 2. The zero-order valence-corrected chi connectivity index (χ0v) is 9.15. The fraction of sp³-hybridized carbons (Fsp3) is 1.00. The number of rotatable bonds is 2. The minimum Gasteiger partial charge on any atom is -0.227 e. The van der Waals surface area contributed by atoms with E-state index < -0.39 is 38.9 Å². The number of hydrogen-bond donors (Lipinski definition) is 0. The third kappa shape index (κ3) is 2.14. The van der Waals surface area contributed by atoms with Gasteiger partial charge in [-0.2, -0.15) is 39.5 Å². The van der Waals surface area contributed by atoms with Crippen molar-refractivity contribution in [1.29, 1.82) is 0 Å². The van der Waals surface area contributed by atoms with Crippen molar-refractivity contribution in [3.63, 3.8) is 0 Å². The molecule has 110 valence electrons. The van der Waals surface area contributed by atoms with Gasteiger partial charge in [0.1, 0.15) is 0 Å². The van der Waals surface area contributed by atoms with E-state index in [9.17, 15) is 47.9 Å². The Bertz CT molecular complexity index is 362. The molecule has 0 N–H and O–H groups in total. The number of halogens is 9. The van der Waals surface area contributed by atoms with Gasteiger partial charge in [0.2, 0.25) is 0 Å². The maximum atomic E-state index is 12.2. The van der Waals surface area contributed by atoms with Crippen LogP contribution in [0.5, 0.6) is 0 Å². The van der Waals surface area contributed by atoms with Crippen LogP contribution in [0.3, 0.4) is 0 Å². The molecule has 0 fully saturated rings. The van der Waals surface area contributed by atoms with Gasteiger partial charge in [-0.25, -0.2) is 8.42 Å². The molecule has 0 spiro atoms. The first kappa shape index (κ1) is 17.3. The van der Waals surface area contributed by atoms with E-state index in [0.29, 0.717) is 0 Å². The van der Waals surface area contributed by atoms with Crippen LogP contribution in [0, 0.1) is 0 Å². The SMILES string of the molecule is CCS(=O)(=O)C(C(F)(F)F)(C(F)(F)F)C(F)(F)F. The standard InChI is InChI=1S/C6H5F9O2S/c1-2-18(16,17)3(4(7,8)9,5(10,11)12)6(13,14)15/h2H2,1H3. The Kier molecular flexibility index (Phi) is 4.01. The molecule has 0 aliphatic rings. The van der Waals surface area contributed by atoms with Crippen molar-refractivity contribution >= 4 is 9.84 Å². The van der Waals surface area contributed by atoms with Crippen molar-refractivity contribution in [2.45, 2.75) is 30.2 Å². The minimum absolute atomic E-state index is 0.257. The topological polar surface area (TPSA) is 34.1 Å². The Morgan fingerprint density at radius 3 is 1.00 bits per heavy atom. The molecule has 0 saturated heterocycles. The highest BCUT2D eigenvalue weighted by atomic mass is 32.2. The molecule has 18 heavy (non-hydrogen) atoms. The van der Waals surface area contributed by atoms with Crippen LogP contribution in [0.25, 0.3) is 0 Å². The van der Waals surface area contributed by atoms with Gasteiger partial charge >= 0.3 is 23.3 Å². The summed E-state index contributed by atoms with van der Waals surface area (Å²) in [5, 5.41) is 0. The first-order chi connectivity index (χ1) is 7.56. The lowest BCUT2D eigenvalue weighted by Crippen LogP contribution is -2.70. The van der Waals surface area contributed by atoms with E-state index in [1.807, 2.05) is 0 Å². The van der Waals surface area contributed by atoms with Crippen LogP contribution in [0.4, 0.5) is 39.5 Å². The van der Waals surface area contributed by atoms with Gasteiger partial charge in [0.25, 0.3) is 0 Å². The molecule has 0 atom stereocenters. The van der Waals surface area contributed by atoms with E-state index in [-0.39, 0.29) is 6.92 Å². The van der Waals surface area contributed by atoms with Crippen molar-refractivity contribution in [1.82, 2.24) is 0 Å². The van der Waals surface area contributed by atoms with Gasteiger partial charge in [-0.15, -0.1) is 0 Å². The molecule has 0 aliphatic heterocycles. The third-order valence-corrected chi connectivity index (χ3v) is 4.43. The lowest BCUT2D eigenvalue weighted by Gasteiger charge is -2.37. The summed E-state index contributed by atoms with van der Waals surface area (Å²) in [6.45, 7) is 0.257. The van der Waals surface area contributed by atoms with Gasteiger partial charge in [0.15, 0.2) is 9.84 Å². The third-order valence-electron chi connectivity index (χ3n) is 2.04. The van der Waals surface area contributed by atoms with Crippen LogP contribution in [-0.4, -0.2) is 37.4 Å². The molecule has 0 rings (SSSR count). The molecule has 0 aliphatic carbocycles. The highest BCUT2D eigenvalue weighted by molar-refractivity contribution is 7.93. The smallest absolute Gasteiger partial charge is 0.227 e. The highest BCUT2D eigenvalue weighted by Crippen LogP contribution is 2.57. The summed E-state index contributed by atoms with van der Waals surface area (Å²) in [5.41, 5.74) is 0. The Hall–Kier alpha value is -0.680. The second-order valence-corrected chi connectivity index (χ2v) is 5.50. The van der Waals surface area contributed by atoms with E-state index >= 15 is 0 Å². The van der Waals surface area contributed by atoms with Crippen LogP contribution in [0.15, 0.2) is 0 Å². The van der Waals surface area contributed by atoms with Crippen molar-refractivity contribution in [2.75, 3.05) is 5.75 Å². The molecule has 0 amide bonds. The predicted octanol–water partition coefficient (Wildman–Crippen LogP) is 2.85. The summed E-state index contributed by atoms with van der Waals surface area (Å²) in [5.74, 6) is -1.97. The molecule has 0 saturated carbocycles. The first-order valence-electron chi connectivity index (χ1n) is 3.98. The Morgan fingerprint density at radius 2 is 0.944 bits per heavy atom. The van der Waals surface area contributed by atoms with E-state index in [0.717, 1.165) is 0 Å². The summed E-state index contributed by atoms with van der Waals surface area (Å²) in [6, 6.07) is 0. The van der Waals surface area contributed by atoms with Crippen molar-refractivity contribution < 1.29 is 47.9 Å². The van der Waals surface area contributed by atoms with E-state index in [2.05, 4.69) is 0 Å². The summed E-state index contributed by atoms with van der Waals surface area (Å²) in [4.78, 5) is 0. The Labute approximate surface area is 94.7 Å². The second-order valence-electron chi connectivity index (χ2n) is 3.08. The van der Waals surface area contributed by atoms with Crippen molar-refractivity contribution in [3.05, 3.63) is 0 Å². The molecule has 0 aromatic heterocycles. The molecule has 0 unspecified atom stereocenters. The fourth-order valence-electron chi connectivity index (χ4n) is 1.23. The lowest BCUT2D eigenvalue weighted by molar-refractivity contribution is -0.347. The van der Waals surface area contributed by atoms with Gasteiger partial charge in [-0.05, 0) is 0 Å². The van der Waals surface area contributed by atoms with Gasteiger partial charge in [0.05, 0.1) is 0 Å². The zero-order valence-electron chi connectivity index (χ0n) is 8.33. The Morgan fingerprint density at radius 1 is 0.722 bits per heavy atom. The molecule has 0 aromatic rings. The average molecular weight is 312 g/mol. The molecule has 0 heterocycles. The fourth-order valence-corrected chi connectivity index (χ4v) is 2.72. The molecule has 0 aromatic carbocycles. The zero-order chi connectivity index (χ0) is 15.2. The van der Waals surface area contributed by atoms with E-state index in [1.165, 1.54) is 0 Å². The minimum atomic E-state index is -7.07. The molecule has 12 heteroatoms. The van der Waals surface area contributed by atoms with Crippen molar-refractivity contribution in [2.24, 2.45) is 0 Å². The molecule has 0 radical (unpaired) electrons. The van der Waals surface area contributed by atoms with Gasteiger partial charge in [-0.3, -0.25) is 0 Å². The van der Waals surface area contributed by atoms with E-state index in [4.69, 9.17) is 0 Å². The predicted molar refractivity (Wildman–Crippen MR) is 40.4 cm³/mol. The van der Waals surface area contributed by atoms with Crippen molar-refractivity contribution in [3.8, 4) is 0 Å². The molecular weight excluding hydrogens is 307 g/mol. The van der Waals surface area contributed by atoms with Crippen LogP contribution >= 0.6 is 0 Å². The van der Waals surface area contributed by atoms with Gasteiger partial charge in [0, 0.05) is 5.75 Å². The summed E-state index contributed by atoms with van der Waals surface area (Å²) in [6.07, 6.45) is -21.2. The maximum Gasteiger partial charge on any atom is 0.426 e. The maximum absolute atomic E-state index is 12.2. The van der Waals surface area contributed by atoms with Crippen LogP contribution in [0.1, 0.15) is 6.92 Å². The summed E-state index contributed by atoms with van der Waals surface area (Å²) < 4.78 is 125. The number of sulfone groups is 1. The van der Waals surface area contributed by atoms with Crippen LogP contribution < -0.4 is 0 Å². The Balaban J connectivity index is 6.69. The highest BCUT2D eigenvalue weighted by Gasteiger charge is 2.89. The van der Waals surface area contributed by atoms with Crippen LogP contribution in [0.2, 0.25) is 0 Å². The lowest BCUT2D eigenvalue weighted by atomic mass is 10.1. The molecule has 2 nitrogen and oxygen atoms in total. The summed E-state index contributed by atoms with van der Waals surface area (Å²) in [7, 11) is -6.57. The monoisotopic (exact) mass is 312 g/mol. The first-order valence-corrected chi connectivity index (χ1v) is 5.64.